The molecule has 3 aromatic heterocycles. The number of hydrogen-bond donors (Lipinski definition) is 3. The number of hydrogen-bond acceptors (Lipinski definition) is 7. The Hall–Kier alpha value is -3.93. The summed E-state index contributed by atoms with van der Waals surface area (Å²) in [6.45, 7) is 0.661. The lowest BCUT2D eigenvalue weighted by Crippen LogP contribution is -2.06. The molecule has 0 bridgehead atoms. The van der Waals surface area contributed by atoms with Gasteiger partial charge in [-0.15, -0.1) is 0 Å². The van der Waals surface area contributed by atoms with Gasteiger partial charge in [0.25, 0.3) is 0 Å². The molecule has 0 aliphatic rings. The fraction of sp³-hybridized carbons (Fsp3) is 0.167. The van der Waals surface area contributed by atoms with Gasteiger partial charge >= 0.3 is 0 Å². The lowest BCUT2D eigenvalue weighted by atomic mass is 10.1. The molecule has 9 nitrogen and oxygen atoms in total. The molecule has 0 saturated heterocycles. The number of nitriles is 1. The molecule has 0 spiro atoms. The highest BCUT2D eigenvalue weighted by molar-refractivity contribution is 5.81. The standard InChI is InChI=1S/C18H17N9/c19-9-13-14(26-27(16(13)20)12-5-2-1-3-6-12)7-4-8-21-17-15-18(23-10-22-15)25-11-24-17/h1-3,5-6,10-11H,4,7-8,20H2,(H2,21,22,23,24,25). The summed E-state index contributed by atoms with van der Waals surface area (Å²) in [5, 5.41) is 17.3. The average molecular weight is 359 g/mol. The van der Waals surface area contributed by atoms with Crippen LogP contribution in [0.15, 0.2) is 43.0 Å². The molecule has 0 fully saturated rings. The van der Waals surface area contributed by atoms with E-state index in [9.17, 15) is 5.26 Å². The number of aryl methyl sites for hydroxylation is 1. The molecular weight excluding hydrogens is 342 g/mol. The van der Waals surface area contributed by atoms with E-state index in [2.05, 4.69) is 36.4 Å². The van der Waals surface area contributed by atoms with Crippen molar-refractivity contribution in [2.45, 2.75) is 12.8 Å². The summed E-state index contributed by atoms with van der Waals surface area (Å²) in [6, 6.07) is 11.7. The Balaban J connectivity index is 1.46. The maximum absolute atomic E-state index is 9.46. The number of para-hydroxylation sites is 1. The second-order valence-corrected chi connectivity index (χ2v) is 5.92. The summed E-state index contributed by atoms with van der Waals surface area (Å²) >= 11 is 0. The molecule has 4 aromatic rings. The Kier molecular flexibility index (Phi) is 4.37. The average Bonchev–Trinajstić information content (AvgIpc) is 3.30. The Bertz CT molecular complexity index is 1110. The van der Waals surface area contributed by atoms with Gasteiger partial charge in [-0.05, 0) is 25.0 Å². The molecule has 0 radical (unpaired) electrons. The molecular formula is C18H17N9. The van der Waals surface area contributed by atoms with E-state index < -0.39 is 0 Å². The number of rotatable bonds is 6. The predicted molar refractivity (Wildman–Crippen MR) is 101 cm³/mol. The number of nitrogens with two attached hydrogens (primary N) is 1. The van der Waals surface area contributed by atoms with Crippen molar-refractivity contribution in [1.82, 2.24) is 29.7 Å². The van der Waals surface area contributed by atoms with Crippen LogP contribution in [0.5, 0.6) is 0 Å². The highest BCUT2D eigenvalue weighted by Gasteiger charge is 2.16. The fourth-order valence-electron chi connectivity index (χ4n) is 2.90. The monoisotopic (exact) mass is 359 g/mol. The largest absolute Gasteiger partial charge is 0.382 e. The molecule has 0 atom stereocenters. The molecule has 9 heteroatoms. The third-order valence-corrected chi connectivity index (χ3v) is 4.21. The first-order chi connectivity index (χ1) is 13.3. The van der Waals surface area contributed by atoms with E-state index in [1.165, 1.54) is 6.33 Å². The van der Waals surface area contributed by atoms with Crippen LogP contribution in [0, 0.1) is 11.3 Å². The number of nitrogen functional groups attached to an aromatic ring is 1. The molecule has 0 aliphatic heterocycles. The Labute approximate surface area is 154 Å². The van der Waals surface area contributed by atoms with E-state index in [0.717, 1.165) is 17.6 Å². The van der Waals surface area contributed by atoms with Gasteiger partial charge in [0.2, 0.25) is 0 Å². The lowest BCUT2D eigenvalue weighted by molar-refractivity contribution is 0.789. The van der Waals surface area contributed by atoms with Gasteiger partial charge in [0.1, 0.15) is 29.3 Å². The molecule has 4 rings (SSSR count). The van der Waals surface area contributed by atoms with Crippen LogP contribution < -0.4 is 11.1 Å². The van der Waals surface area contributed by atoms with Gasteiger partial charge in [-0.2, -0.15) is 10.4 Å². The van der Waals surface area contributed by atoms with E-state index in [0.29, 0.717) is 41.5 Å². The van der Waals surface area contributed by atoms with Crippen molar-refractivity contribution in [2.75, 3.05) is 17.6 Å². The number of anilines is 2. The minimum Gasteiger partial charge on any atom is -0.382 e. The lowest BCUT2D eigenvalue weighted by Gasteiger charge is -2.05. The number of aromatic nitrogens is 6. The van der Waals surface area contributed by atoms with E-state index in [4.69, 9.17) is 5.73 Å². The van der Waals surface area contributed by atoms with Crippen molar-refractivity contribution in [3.63, 3.8) is 0 Å². The van der Waals surface area contributed by atoms with Gasteiger partial charge in [-0.3, -0.25) is 0 Å². The SMILES string of the molecule is N#Cc1c(CCCNc2ncnc3nc[nH]c23)nn(-c2ccccc2)c1N. The molecule has 0 aliphatic carbocycles. The van der Waals surface area contributed by atoms with Crippen molar-refractivity contribution in [3.8, 4) is 11.8 Å². The van der Waals surface area contributed by atoms with Crippen LogP contribution in [0.25, 0.3) is 16.9 Å². The second kappa shape index (κ2) is 7.13. The Morgan fingerprint density at radius 1 is 1.19 bits per heavy atom. The molecule has 134 valence electrons. The maximum atomic E-state index is 9.46. The molecule has 4 N–H and O–H groups in total. The summed E-state index contributed by atoms with van der Waals surface area (Å²) in [6.07, 6.45) is 4.45. The van der Waals surface area contributed by atoms with Crippen LogP contribution in [0.3, 0.4) is 0 Å². The summed E-state index contributed by atoms with van der Waals surface area (Å²) < 4.78 is 1.61. The number of benzene rings is 1. The first-order valence-electron chi connectivity index (χ1n) is 8.48. The van der Waals surface area contributed by atoms with E-state index >= 15 is 0 Å². The number of aromatic amines is 1. The van der Waals surface area contributed by atoms with E-state index in [-0.39, 0.29) is 0 Å². The van der Waals surface area contributed by atoms with Crippen LogP contribution in [0.1, 0.15) is 17.7 Å². The van der Waals surface area contributed by atoms with Crippen LogP contribution in [0.2, 0.25) is 0 Å². The van der Waals surface area contributed by atoms with Gasteiger partial charge in [-0.25, -0.2) is 19.6 Å². The molecule has 1 aromatic carbocycles. The highest BCUT2D eigenvalue weighted by atomic mass is 15.3. The number of nitrogens with zero attached hydrogens (tertiary/aromatic N) is 6. The number of nitrogens with one attached hydrogen (secondary N) is 2. The minimum absolute atomic E-state index is 0.363. The van der Waals surface area contributed by atoms with Crippen molar-refractivity contribution < 1.29 is 0 Å². The summed E-state index contributed by atoms with van der Waals surface area (Å²) in [4.78, 5) is 15.4. The fourth-order valence-corrected chi connectivity index (χ4v) is 2.90. The summed E-state index contributed by atoms with van der Waals surface area (Å²) in [5.41, 5.74) is 9.47. The van der Waals surface area contributed by atoms with E-state index in [1.807, 2.05) is 30.3 Å². The smallest absolute Gasteiger partial charge is 0.182 e. The van der Waals surface area contributed by atoms with Gasteiger partial charge in [0.15, 0.2) is 11.5 Å². The van der Waals surface area contributed by atoms with Crippen molar-refractivity contribution in [3.05, 3.63) is 54.2 Å². The normalized spacial score (nSPS) is 10.8. The van der Waals surface area contributed by atoms with E-state index in [1.54, 1.807) is 11.0 Å². The van der Waals surface area contributed by atoms with Gasteiger partial charge in [0, 0.05) is 6.54 Å². The first-order valence-corrected chi connectivity index (χ1v) is 8.48. The van der Waals surface area contributed by atoms with Crippen molar-refractivity contribution in [2.24, 2.45) is 0 Å². The zero-order valence-electron chi connectivity index (χ0n) is 14.4. The highest BCUT2D eigenvalue weighted by Crippen LogP contribution is 2.21. The third kappa shape index (κ3) is 3.16. The quantitative estimate of drug-likeness (QED) is 0.448. The summed E-state index contributed by atoms with van der Waals surface area (Å²) in [7, 11) is 0. The number of fused-ring (bicyclic) bond motifs is 1. The molecule has 0 saturated carbocycles. The van der Waals surface area contributed by atoms with Crippen LogP contribution >= 0.6 is 0 Å². The Morgan fingerprint density at radius 2 is 2.04 bits per heavy atom. The number of H-pyrrole nitrogens is 1. The minimum atomic E-state index is 0.363. The zero-order chi connectivity index (χ0) is 18.6. The van der Waals surface area contributed by atoms with Crippen molar-refractivity contribution >= 4 is 22.8 Å². The molecule has 0 unspecified atom stereocenters. The Morgan fingerprint density at radius 3 is 2.85 bits per heavy atom. The van der Waals surface area contributed by atoms with Gasteiger partial charge in [0.05, 0.1) is 17.7 Å². The van der Waals surface area contributed by atoms with Crippen LogP contribution in [-0.4, -0.2) is 36.3 Å². The van der Waals surface area contributed by atoms with Gasteiger partial charge in [-0.1, -0.05) is 18.2 Å². The first kappa shape index (κ1) is 16.5. The van der Waals surface area contributed by atoms with Crippen LogP contribution in [-0.2, 0) is 6.42 Å². The predicted octanol–water partition coefficient (Wildman–Crippen LogP) is 2.04. The van der Waals surface area contributed by atoms with Crippen molar-refractivity contribution in [1.29, 1.82) is 5.26 Å². The van der Waals surface area contributed by atoms with Crippen LogP contribution in [0.4, 0.5) is 11.6 Å². The third-order valence-electron chi connectivity index (χ3n) is 4.21. The topological polar surface area (TPSA) is 134 Å². The molecule has 0 amide bonds. The van der Waals surface area contributed by atoms with Gasteiger partial charge < -0.3 is 16.0 Å². The molecule has 3 heterocycles. The second-order valence-electron chi connectivity index (χ2n) is 5.92. The summed E-state index contributed by atoms with van der Waals surface area (Å²) in [5.74, 6) is 1.06. The zero-order valence-corrected chi connectivity index (χ0v) is 14.4. The number of imidazole rings is 1. The maximum Gasteiger partial charge on any atom is 0.182 e. The molecule has 27 heavy (non-hydrogen) atoms.